The van der Waals surface area contributed by atoms with E-state index in [0.717, 1.165) is 18.5 Å². The molecule has 0 radical (unpaired) electrons. The van der Waals surface area contributed by atoms with Crippen LogP contribution in [-0.4, -0.2) is 17.0 Å². The zero-order valence-corrected chi connectivity index (χ0v) is 12.4. The molecule has 0 amide bonds. The van der Waals surface area contributed by atoms with Gasteiger partial charge in [-0.3, -0.25) is 0 Å². The molecule has 1 heteroatoms. The summed E-state index contributed by atoms with van der Waals surface area (Å²) in [6.45, 7) is 6.77. The van der Waals surface area contributed by atoms with Crippen molar-refractivity contribution in [3.8, 4) is 0 Å². The van der Waals surface area contributed by atoms with E-state index >= 15 is 0 Å². The average molecular weight is 247 g/mol. The van der Waals surface area contributed by atoms with Crippen LogP contribution in [0.2, 0.25) is 0 Å². The normalized spacial score (nSPS) is 22.3. The number of hydrogen-bond donors (Lipinski definition) is 0. The van der Waals surface area contributed by atoms with Gasteiger partial charge in [0.2, 0.25) is 0 Å². The van der Waals surface area contributed by atoms with E-state index in [9.17, 15) is 0 Å². The summed E-state index contributed by atoms with van der Waals surface area (Å²) in [6.07, 6.45) is 16.8. The fourth-order valence-corrected chi connectivity index (χ4v) is 2.81. The summed E-state index contributed by atoms with van der Waals surface area (Å²) in [5.74, 6) is 0.648. The number of hydrogen-bond acceptors (Lipinski definition) is 1. The second kappa shape index (κ2) is 6.45. The van der Waals surface area contributed by atoms with Crippen LogP contribution in [0.3, 0.4) is 0 Å². The van der Waals surface area contributed by atoms with Crippen molar-refractivity contribution in [1.29, 1.82) is 0 Å². The highest BCUT2D eigenvalue weighted by Gasteiger charge is 2.33. The Morgan fingerprint density at radius 1 is 1.11 bits per heavy atom. The summed E-state index contributed by atoms with van der Waals surface area (Å²) in [6, 6.07) is 1.68. The molecule has 0 atom stereocenters. The zero-order valence-electron chi connectivity index (χ0n) is 12.4. The lowest BCUT2D eigenvalue weighted by Crippen LogP contribution is -2.48. The van der Waals surface area contributed by atoms with Crippen molar-refractivity contribution in [3.05, 3.63) is 23.9 Å². The molecule has 1 nitrogen and oxygen atoms in total. The molecule has 0 heterocycles. The van der Waals surface area contributed by atoms with Crippen molar-refractivity contribution in [2.75, 3.05) is 0 Å². The van der Waals surface area contributed by atoms with E-state index < -0.39 is 0 Å². The summed E-state index contributed by atoms with van der Waals surface area (Å²) in [7, 11) is 0. The van der Waals surface area contributed by atoms with Crippen molar-refractivity contribution < 1.29 is 0 Å². The Kier molecular flexibility index (Phi) is 4.91. The maximum Gasteiger partial charge on any atom is 0.0327 e. The molecule has 18 heavy (non-hydrogen) atoms. The third-order valence-electron chi connectivity index (χ3n) is 4.30. The van der Waals surface area contributed by atoms with Gasteiger partial charge >= 0.3 is 0 Å². The Bertz CT molecular complexity index is 292. The molecule has 2 rings (SSSR count). The van der Waals surface area contributed by atoms with Gasteiger partial charge in [-0.15, -0.1) is 0 Å². The third kappa shape index (κ3) is 3.18. The van der Waals surface area contributed by atoms with Crippen LogP contribution in [0.15, 0.2) is 23.9 Å². The first-order chi connectivity index (χ1) is 8.72. The topological polar surface area (TPSA) is 3.24 Å². The minimum absolute atomic E-state index is 0.648. The molecule has 0 aromatic carbocycles. The van der Waals surface area contributed by atoms with Gasteiger partial charge in [0, 0.05) is 17.8 Å². The van der Waals surface area contributed by atoms with Gasteiger partial charge in [-0.1, -0.05) is 32.9 Å². The van der Waals surface area contributed by atoms with E-state index in [1.165, 1.54) is 44.2 Å². The van der Waals surface area contributed by atoms with E-state index in [2.05, 4.69) is 43.9 Å². The third-order valence-corrected chi connectivity index (χ3v) is 4.30. The maximum atomic E-state index is 2.76. The first-order valence-corrected chi connectivity index (χ1v) is 7.89. The highest BCUT2D eigenvalue weighted by molar-refractivity contribution is 5.21. The average Bonchev–Trinajstić information content (AvgIpc) is 2.18. The molecule has 0 aliphatic heterocycles. The zero-order chi connectivity index (χ0) is 13.0. The molecule has 0 aromatic heterocycles. The van der Waals surface area contributed by atoms with E-state index in [4.69, 9.17) is 0 Å². The summed E-state index contributed by atoms with van der Waals surface area (Å²) in [5, 5.41) is 0. The van der Waals surface area contributed by atoms with Crippen molar-refractivity contribution >= 4 is 0 Å². The Hall–Kier alpha value is -0.720. The first-order valence-electron chi connectivity index (χ1n) is 7.89. The van der Waals surface area contributed by atoms with E-state index in [1.807, 2.05) is 0 Å². The highest BCUT2D eigenvalue weighted by atomic mass is 15.2. The molecule has 102 valence electrons. The summed E-state index contributed by atoms with van der Waals surface area (Å²) in [4.78, 5) is 2.76. The standard InChI is InChI=1S/C17H29N/c1-4-7-15(13-12-14(2)3)18(16-8-5-9-16)17-10-6-11-17/h7,12-14,16-17H,4-6,8-11H2,1-3H3. The molecule has 2 saturated carbocycles. The predicted molar refractivity (Wildman–Crippen MR) is 79.5 cm³/mol. The minimum Gasteiger partial charge on any atom is -0.366 e. The molecule has 0 bridgehead atoms. The second-order valence-electron chi connectivity index (χ2n) is 6.22. The van der Waals surface area contributed by atoms with Gasteiger partial charge in [0.15, 0.2) is 0 Å². The molecular weight excluding hydrogens is 218 g/mol. The van der Waals surface area contributed by atoms with Crippen LogP contribution < -0.4 is 0 Å². The molecule has 0 saturated heterocycles. The molecule has 0 unspecified atom stereocenters. The minimum atomic E-state index is 0.648. The molecular formula is C17H29N. The van der Waals surface area contributed by atoms with Gasteiger partial charge < -0.3 is 4.90 Å². The van der Waals surface area contributed by atoms with Crippen LogP contribution in [0.1, 0.15) is 65.7 Å². The SMILES string of the molecule is CCC=C(C=CC(C)C)N(C1CCC1)C1CCC1. The van der Waals surface area contributed by atoms with Gasteiger partial charge in [-0.05, 0) is 56.9 Å². The Balaban J connectivity index is 2.10. The van der Waals surface area contributed by atoms with E-state index in [1.54, 1.807) is 0 Å². The molecule has 0 N–H and O–H groups in total. The molecule has 2 aliphatic carbocycles. The Labute approximate surface area is 113 Å². The van der Waals surface area contributed by atoms with E-state index in [0.29, 0.717) is 5.92 Å². The van der Waals surface area contributed by atoms with Crippen LogP contribution in [0.4, 0.5) is 0 Å². The van der Waals surface area contributed by atoms with Gasteiger partial charge in [-0.2, -0.15) is 0 Å². The van der Waals surface area contributed by atoms with E-state index in [-0.39, 0.29) is 0 Å². The van der Waals surface area contributed by atoms with Crippen molar-refractivity contribution in [1.82, 2.24) is 4.90 Å². The van der Waals surface area contributed by atoms with Crippen LogP contribution in [0.25, 0.3) is 0 Å². The monoisotopic (exact) mass is 247 g/mol. The summed E-state index contributed by atoms with van der Waals surface area (Å²) >= 11 is 0. The number of nitrogens with zero attached hydrogens (tertiary/aromatic N) is 1. The highest BCUT2D eigenvalue weighted by Crippen LogP contribution is 2.37. The molecule has 2 aliphatic rings. The fraction of sp³-hybridized carbons (Fsp3) is 0.765. The fourth-order valence-electron chi connectivity index (χ4n) is 2.81. The van der Waals surface area contributed by atoms with Gasteiger partial charge in [0.1, 0.15) is 0 Å². The van der Waals surface area contributed by atoms with Crippen LogP contribution >= 0.6 is 0 Å². The largest absolute Gasteiger partial charge is 0.366 e. The van der Waals surface area contributed by atoms with Crippen LogP contribution in [0, 0.1) is 5.92 Å². The second-order valence-corrected chi connectivity index (χ2v) is 6.22. The number of allylic oxidation sites excluding steroid dienone is 3. The van der Waals surface area contributed by atoms with Gasteiger partial charge in [-0.25, -0.2) is 0 Å². The first kappa shape index (κ1) is 13.7. The smallest absolute Gasteiger partial charge is 0.0327 e. The van der Waals surface area contributed by atoms with Crippen LogP contribution in [0.5, 0.6) is 0 Å². The molecule has 2 fully saturated rings. The molecule has 0 aromatic rings. The van der Waals surface area contributed by atoms with Crippen molar-refractivity contribution in [2.24, 2.45) is 5.92 Å². The molecule has 0 spiro atoms. The maximum absolute atomic E-state index is 2.76. The summed E-state index contributed by atoms with van der Waals surface area (Å²) in [5.41, 5.74) is 1.50. The van der Waals surface area contributed by atoms with Crippen LogP contribution in [-0.2, 0) is 0 Å². The van der Waals surface area contributed by atoms with Gasteiger partial charge in [0.05, 0.1) is 0 Å². The lowest BCUT2D eigenvalue weighted by Gasteiger charge is -2.48. The quantitative estimate of drug-likeness (QED) is 0.603. The predicted octanol–water partition coefficient (Wildman–Crippen LogP) is 4.90. The Morgan fingerprint density at radius 2 is 1.67 bits per heavy atom. The van der Waals surface area contributed by atoms with Gasteiger partial charge in [0.25, 0.3) is 0 Å². The lowest BCUT2D eigenvalue weighted by atomic mass is 9.84. The number of rotatable bonds is 6. The Morgan fingerprint density at radius 3 is 2.00 bits per heavy atom. The lowest BCUT2D eigenvalue weighted by molar-refractivity contribution is 0.0786. The van der Waals surface area contributed by atoms with Crippen molar-refractivity contribution in [2.45, 2.75) is 77.8 Å². The van der Waals surface area contributed by atoms with Crippen molar-refractivity contribution in [3.63, 3.8) is 0 Å². The summed E-state index contributed by atoms with van der Waals surface area (Å²) < 4.78 is 0.